The third-order valence-electron chi connectivity index (χ3n) is 2.76. The molecule has 1 aliphatic carbocycles. The van der Waals surface area contributed by atoms with Crippen molar-refractivity contribution in [1.82, 2.24) is 0 Å². The molecule has 72 valence electrons. The Morgan fingerprint density at radius 1 is 1.50 bits per heavy atom. The van der Waals surface area contributed by atoms with Crippen molar-refractivity contribution in [3.8, 4) is 0 Å². The van der Waals surface area contributed by atoms with Crippen LogP contribution < -0.4 is 0 Å². The van der Waals surface area contributed by atoms with E-state index in [9.17, 15) is 0 Å². The summed E-state index contributed by atoms with van der Waals surface area (Å²) in [6.07, 6.45) is 1.55. The molecule has 0 spiro atoms. The zero-order valence-electron chi connectivity index (χ0n) is 8.50. The first-order chi connectivity index (χ1) is 5.44. The fraction of sp³-hybridized carbons (Fsp3) is 1.00. The summed E-state index contributed by atoms with van der Waals surface area (Å²) in [5.41, 5.74) is 0.276. The van der Waals surface area contributed by atoms with Gasteiger partial charge in [-0.2, -0.15) is 12.6 Å². The largest absolute Gasteiger partial charge is 0.377 e. The summed E-state index contributed by atoms with van der Waals surface area (Å²) in [5.74, 6) is 0.639. The molecule has 0 aromatic rings. The lowest BCUT2D eigenvalue weighted by molar-refractivity contribution is -0.0936. The lowest BCUT2D eigenvalue weighted by Crippen LogP contribution is -2.52. The van der Waals surface area contributed by atoms with Crippen LogP contribution in [-0.4, -0.2) is 18.0 Å². The van der Waals surface area contributed by atoms with Crippen LogP contribution in [0.1, 0.15) is 34.1 Å². The van der Waals surface area contributed by atoms with Gasteiger partial charge in [-0.15, -0.1) is 0 Å². The zero-order chi connectivity index (χ0) is 9.35. The molecule has 0 bridgehead atoms. The van der Waals surface area contributed by atoms with Gasteiger partial charge in [-0.05, 0) is 12.3 Å². The monoisotopic (exact) mass is 188 g/mol. The first-order valence-electron chi connectivity index (χ1n) is 4.74. The summed E-state index contributed by atoms with van der Waals surface area (Å²) < 4.78 is 5.78. The summed E-state index contributed by atoms with van der Waals surface area (Å²) in [7, 11) is 0. The van der Waals surface area contributed by atoms with Gasteiger partial charge in [0, 0.05) is 17.3 Å². The summed E-state index contributed by atoms with van der Waals surface area (Å²) in [6.45, 7) is 9.72. The first-order valence-corrected chi connectivity index (χ1v) is 5.26. The maximum atomic E-state index is 5.78. The molecule has 2 atom stereocenters. The van der Waals surface area contributed by atoms with Crippen molar-refractivity contribution < 1.29 is 4.74 Å². The van der Waals surface area contributed by atoms with Crippen molar-refractivity contribution in [1.29, 1.82) is 0 Å². The highest BCUT2D eigenvalue weighted by Gasteiger charge is 2.46. The molecule has 0 N–H and O–H groups in total. The fourth-order valence-electron chi connectivity index (χ4n) is 1.46. The van der Waals surface area contributed by atoms with Gasteiger partial charge in [0.05, 0.1) is 6.10 Å². The highest BCUT2D eigenvalue weighted by molar-refractivity contribution is 7.81. The minimum atomic E-state index is 0.276. The molecule has 1 saturated carbocycles. The van der Waals surface area contributed by atoms with Crippen molar-refractivity contribution in [3.05, 3.63) is 0 Å². The van der Waals surface area contributed by atoms with E-state index in [-0.39, 0.29) is 5.41 Å². The Morgan fingerprint density at radius 3 is 2.42 bits per heavy atom. The van der Waals surface area contributed by atoms with E-state index in [4.69, 9.17) is 4.74 Å². The van der Waals surface area contributed by atoms with E-state index in [1.54, 1.807) is 0 Å². The maximum Gasteiger partial charge on any atom is 0.0647 e. The smallest absolute Gasteiger partial charge is 0.0647 e. The summed E-state index contributed by atoms with van der Waals surface area (Å²) in [4.78, 5) is 0. The van der Waals surface area contributed by atoms with Gasteiger partial charge in [0.2, 0.25) is 0 Å². The van der Waals surface area contributed by atoms with Gasteiger partial charge in [0.1, 0.15) is 0 Å². The molecule has 0 aromatic carbocycles. The van der Waals surface area contributed by atoms with Crippen molar-refractivity contribution in [2.24, 2.45) is 11.3 Å². The molecule has 0 heterocycles. The minimum absolute atomic E-state index is 0.276. The average molecular weight is 188 g/mol. The highest BCUT2D eigenvalue weighted by atomic mass is 32.1. The lowest BCUT2D eigenvalue weighted by atomic mass is 9.68. The Kier molecular flexibility index (Phi) is 3.11. The Balaban J connectivity index is 2.28. The van der Waals surface area contributed by atoms with Gasteiger partial charge in [-0.25, -0.2) is 0 Å². The van der Waals surface area contributed by atoms with E-state index in [2.05, 4.69) is 40.3 Å². The molecule has 1 aliphatic rings. The van der Waals surface area contributed by atoms with Crippen LogP contribution in [0.15, 0.2) is 0 Å². The SMILES string of the molecule is CC(C)COC1CC(S)C1(C)C. The van der Waals surface area contributed by atoms with E-state index >= 15 is 0 Å². The van der Waals surface area contributed by atoms with E-state index in [0.29, 0.717) is 17.3 Å². The summed E-state index contributed by atoms with van der Waals surface area (Å²) in [5, 5.41) is 0.523. The molecule has 0 amide bonds. The maximum absolute atomic E-state index is 5.78. The van der Waals surface area contributed by atoms with Crippen molar-refractivity contribution >= 4 is 12.6 Å². The van der Waals surface area contributed by atoms with Crippen LogP contribution >= 0.6 is 12.6 Å². The molecule has 1 fully saturated rings. The average Bonchev–Trinajstić information content (AvgIpc) is 1.97. The Morgan fingerprint density at radius 2 is 2.08 bits per heavy atom. The molecule has 0 saturated heterocycles. The minimum Gasteiger partial charge on any atom is -0.377 e. The third kappa shape index (κ3) is 1.97. The van der Waals surface area contributed by atoms with Crippen LogP contribution in [0.25, 0.3) is 0 Å². The number of hydrogen-bond acceptors (Lipinski definition) is 2. The summed E-state index contributed by atoms with van der Waals surface area (Å²) >= 11 is 4.49. The van der Waals surface area contributed by atoms with Crippen molar-refractivity contribution in [2.45, 2.75) is 45.5 Å². The summed E-state index contributed by atoms with van der Waals surface area (Å²) in [6, 6.07) is 0. The molecule has 1 rings (SSSR count). The second-order valence-corrected chi connectivity index (χ2v) is 5.41. The molecular weight excluding hydrogens is 168 g/mol. The van der Waals surface area contributed by atoms with Crippen LogP contribution in [0.2, 0.25) is 0 Å². The normalized spacial score (nSPS) is 33.5. The molecule has 0 radical (unpaired) electrons. The van der Waals surface area contributed by atoms with Gasteiger partial charge in [-0.3, -0.25) is 0 Å². The van der Waals surface area contributed by atoms with Crippen LogP contribution in [0.5, 0.6) is 0 Å². The van der Waals surface area contributed by atoms with Crippen molar-refractivity contribution in [2.75, 3.05) is 6.61 Å². The van der Waals surface area contributed by atoms with E-state index < -0.39 is 0 Å². The molecular formula is C10H20OS. The van der Waals surface area contributed by atoms with Gasteiger partial charge in [0.25, 0.3) is 0 Å². The fourth-order valence-corrected chi connectivity index (χ4v) is 1.81. The zero-order valence-corrected chi connectivity index (χ0v) is 9.40. The number of ether oxygens (including phenoxy) is 1. The first kappa shape index (κ1) is 10.4. The van der Waals surface area contributed by atoms with Gasteiger partial charge in [-0.1, -0.05) is 27.7 Å². The number of hydrogen-bond donors (Lipinski definition) is 1. The number of thiol groups is 1. The second kappa shape index (κ2) is 3.59. The predicted molar refractivity (Wildman–Crippen MR) is 55.8 cm³/mol. The quantitative estimate of drug-likeness (QED) is 0.670. The molecule has 0 aliphatic heterocycles. The predicted octanol–water partition coefficient (Wildman–Crippen LogP) is 2.76. The Hall–Kier alpha value is 0.310. The van der Waals surface area contributed by atoms with Gasteiger partial charge >= 0.3 is 0 Å². The van der Waals surface area contributed by atoms with Crippen molar-refractivity contribution in [3.63, 3.8) is 0 Å². The third-order valence-corrected chi connectivity index (χ3v) is 3.63. The topological polar surface area (TPSA) is 9.23 Å². The number of rotatable bonds is 3. The molecule has 1 nitrogen and oxygen atoms in total. The Bertz CT molecular complexity index is 154. The van der Waals surface area contributed by atoms with Crippen LogP contribution in [0.3, 0.4) is 0 Å². The molecule has 2 unspecified atom stereocenters. The molecule has 0 aromatic heterocycles. The Labute approximate surface area is 81.3 Å². The van der Waals surface area contributed by atoms with E-state index in [1.165, 1.54) is 0 Å². The van der Waals surface area contributed by atoms with Gasteiger partial charge < -0.3 is 4.74 Å². The standard InChI is InChI=1S/C10H20OS/c1-7(2)6-11-8-5-9(12)10(8,3)4/h7-9,12H,5-6H2,1-4H3. The van der Waals surface area contributed by atoms with E-state index in [0.717, 1.165) is 13.0 Å². The van der Waals surface area contributed by atoms with E-state index in [1.807, 2.05) is 0 Å². The molecule has 2 heteroatoms. The van der Waals surface area contributed by atoms with Crippen LogP contribution in [0, 0.1) is 11.3 Å². The highest BCUT2D eigenvalue weighted by Crippen LogP contribution is 2.46. The van der Waals surface area contributed by atoms with Crippen LogP contribution in [-0.2, 0) is 4.74 Å². The van der Waals surface area contributed by atoms with Crippen LogP contribution in [0.4, 0.5) is 0 Å². The lowest BCUT2D eigenvalue weighted by Gasteiger charge is -2.49. The second-order valence-electron chi connectivity index (χ2n) is 4.79. The molecule has 12 heavy (non-hydrogen) atoms. The van der Waals surface area contributed by atoms with Gasteiger partial charge in [0.15, 0.2) is 0 Å².